The molecular formula is C14H22BNO4S. The second-order valence-electron chi connectivity index (χ2n) is 6.23. The second kappa shape index (κ2) is 6.18. The van der Waals surface area contributed by atoms with E-state index in [1.165, 1.54) is 0 Å². The molecule has 7 heteroatoms. The molecule has 2 N–H and O–H groups in total. The molecule has 1 atom stereocenters. The van der Waals surface area contributed by atoms with E-state index in [-0.39, 0.29) is 18.3 Å². The largest absolute Gasteiger partial charge is 0.494 e. The minimum Gasteiger partial charge on any atom is -0.399 e. The van der Waals surface area contributed by atoms with Crippen LogP contribution in [0, 0.1) is 0 Å². The van der Waals surface area contributed by atoms with Gasteiger partial charge in [0.25, 0.3) is 0 Å². The molecule has 0 bridgehead atoms. The Morgan fingerprint density at radius 3 is 2.43 bits per heavy atom. The quantitative estimate of drug-likeness (QED) is 0.634. The highest BCUT2D eigenvalue weighted by molar-refractivity contribution is 7.77. The van der Waals surface area contributed by atoms with E-state index in [0.29, 0.717) is 13.0 Å². The van der Waals surface area contributed by atoms with Gasteiger partial charge in [0.2, 0.25) is 11.3 Å². The molecule has 0 spiro atoms. The summed E-state index contributed by atoms with van der Waals surface area (Å²) in [6, 6.07) is 7.93. The lowest BCUT2D eigenvalue weighted by Gasteiger charge is -2.32. The van der Waals surface area contributed by atoms with Gasteiger partial charge in [-0.1, -0.05) is 24.3 Å². The summed E-state index contributed by atoms with van der Waals surface area (Å²) in [6.07, 6.45) is 0.666. The molecule has 1 fully saturated rings. The summed E-state index contributed by atoms with van der Waals surface area (Å²) in [4.78, 5) is 0. The summed E-state index contributed by atoms with van der Waals surface area (Å²) in [5, 5.41) is 0. The fourth-order valence-electron chi connectivity index (χ4n) is 2.16. The summed E-state index contributed by atoms with van der Waals surface area (Å²) >= 11 is -1.97. The van der Waals surface area contributed by atoms with Gasteiger partial charge in [-0.25, -0.2) is 8.93 Å². The molecule has 5 nitrogen and oxygen atoms in total. The van der Waals surface area contributed by atoms with Crippen molar-refractivity contribution in [2.45, 2.75) is 45.3 Å². The predicted molar refractivity (Wildman–Crippen MR) is 84.6 cm³/mol. The van der Waals surface area contributed by atoms with E-state index in [9.17, 15) is 4.21 Å². The highest BCUT2D eigenvalue weighted by Gasteiger charge is 2.51. The minimum atomic E-state index is -1.97. The zero-order valence-corrected chi connectivity index (χ0v) is 13.7. The third-order valence-electron chi connectivity index (χ3n) is 4.12. The number of hydrogen-bond donors (Lipinski definition) is 2. The van der Waals surface area contributed by atoms with Crippen LogP contribution < -0.4 is 10.2 Å². The summed E-state index contributed by atoms with van der Waals surface area (Å²) in [5.41, 5.74) is 1.32. The van der Waals surface area contributed by atoms with Crippen molar-refractivity contribution in [1.82, 2.24) is 4.72 Å². The normalized spacial score (nSPS) is 21.5. The Bertz CT molecular complexity index is 519. The van der Waals surface area contributed by atoms with Crippen molar-refractivity contribution in [2.75, 3.05) is 6.54 Å². The second-order valence-corrected chi connectivity index (χ2v) is 7.01. The molecule has 1 saturated heterocycles. The fraction of sp³-hybridized carbons (Fsp3) is 0.571. The molecule has 2 rings (SSSR count). The standard InChI is InChI=1S/C14H22BNO4S/c1-13(2)14(3,4)20-15(19-13)12-7-5-6-11(10-12)8-9-16-21(17)18/h5-7,10,16H,8-9H2,1-4H3,(H,17,18). The van der Waals surface area contributed by atoms with Crippen molar-refractivity contribution in [3.8, 4) is 0 Å². The molecule has 116 valence electrons. The Morgan fingerprint density at radius 1 is 1.24 bits per heavy atom. The van der Waals surface area contributed by atoms with Gasteiger partial charge in [-0.05, 0) is 45.1 Å². The summed E-state index contributed by atoms with van der Waals surface area (Å²) in [5.74, 6) is 0. The van der Waals surface area contributed by atoms with E-state index in [4.69, 9.17) is 13.9 Å². The van der Waals surface area contributed by atoms with Crippen molar-refractivity contribution in [3.05, 3.63) is 29.8 Å². The number of hydrogen-bond acceptors (Lipinski definition) is 3. The van der Waals surface area contributed by atoms with Gasteiger partial charge in [-0.2, -0.15) is 0 Å². The first-order chi connectivity index (χ1) is 9.71. The lowest BCUT2D eigenvalue weighted by atomic mass is 9.78. The van der Waals surface area contributed by atoms with E-state index in [1.807, 2.05) is 52.0 Å². The van der Waals surface area contributed by atoms with Crippen LogP contribution in [0.25, 0.3) is 0 Å². The first-order valence-corrected chi connectivity index (χ1v) is 8.11. The smallest absolute Gasteiger partial charge is 0.399 e. The lowest BCUT2D eigenvalue weighted by molar-refractivity contribution is 0.00578. The van der Waals surface area contributed by atoms with Crippen LogP contribution in [0.3, 0.4) is 0 Å². The Hall–Kier alpha value is -0.725. The minimum absolute atomic E-state index is 0.358. The first kappa shape index (κ1) is 16.6. The molecule has 1 aromatic rings. The van der Waals surface area contributed by atoms with Crippen LogP contribution in [0.4, 0.5) is 0 Å². The highest BCUT2D eigenvalue weighted by Crippen LogP contribution is 2.36. The van der Waals surface area contributed by atoms with Crippen LogP contribution in [0.5, 0.6) is 0 Å². The van der Waals surface area contributed by atoms with Crippen molar-refractivity contribution in [3.63, 3.8) is 0 Å². The SMILES string of the molecule is CC1(C)OB(c2cccc(CCNS(=O)O)c2)OC1(C)C. The molecule has 1 aliphatic heterocycles. The van der Waals surface area contributed by atoms with Gasteiger partial charge in [0.05, 0.1) is 11.2 Å². The molecule has 0 aromatic heterocycles. The number of nitrogens with one attached hydrogen (secondary N) is 1. The molecule has 1 heterocycles. The molecule has 0 aliphatic carbocycles. The van der Waals surface area contributed by atoms with E-state index in [1.54, 1.807) is 0 Å². The van der Waals surface area contributed by atoms with E-state index in [2.05, 4.69) is 4.72 Å². The van der Waals surface area contributed by atoms with Gasteiger partial charge in [0.15, 0.2) is 0 Å². The van der Waals surface area contributed by atoms with Crippen LogP contribution in [-0.2, 0) is 27.0 Å². The maximum Gasteiger partial charge on any atom is 0.494 e. The maximum atomic E-state index is 10.6. The van der Waals surface area contributed by atoms with Gasteiger partial charge < -0.3 is 9.31 Å². The van der Waals surface area contributed by atoms with Gasteiger partial charge in [0.1, 0.15) is 0 Å². The molecule has 1 aromatic carbocycles. The van der Waals surface area contributed by atoms with Crippen LogP contribution in [-0.4, -0.2) is 33.6 Å². The topological polar surface area (TPSA) is 67.8 Å². The van der Waals surface area contributed by atoms with Crippen molar-refractivity contribution in [1.29, 1.82) is 0 Å². The van der Waals surface area contributed by atoms with E-state index in [0.717, 1.165) is 11.0 Å². The molecule has 1 unspecified atom stereocenters. The summed E-state index contributed by atoms with van der Waals surface area (Å²) in [6.45, 7) is 8.54. The van der Waals surface area contributed by atoms with Gasteiger partial charge in [0, 0.05) is 6.54 Å². The number of benzene rings is 1. The molecule has 0 saturated carbocycles. The Morgan fingerprint density at radius 2 is 1.86 bits per heavy atom. The van der Waals surface area contributed by atoms with Crippen LogP contribution >= 0.6 is 0 Å². The maximum absolute atomic E-state index is 10.6. The molecule has 0 radical (unpaired) electrons. The van der Waals surface area contributed by atoms with Crippen LogP contribution in [0.15, 0.2) is 24.3 Å². The first-order valence-electron chi connectivity index (χ1n) is 7.00. The zero-order chi connectivity index (χ0) is 15.7. The average Bonchev–Trinajstić information content (AvgIpc) is 2.58. The molecule has 0 amide bonds. The molecule has 21 heavy (non-hydrogen) atoms. The zero-order valence-electron chi connectivity index (χ0n) is 12.9. The predicted octanol–water partition coefficient (Wildman–Crippen LogP) is 1.25. The monoisotopic (exact) mass is 311 g/mol. The highest BCUT2D eigenvalue weighted by atomic mass is 32.2. The Balaban J connectivity index is 2.07. The third kappa shape index (κ3) is 3.93. The average molecular weight is 311 g/mol. The van der Waals surface area contributed by atoms with E-state index >= 15 is 0 Å². The van der Waals surface area contributed by atoms with Crippen LogP contribution in [0.2, 0.25) is 0 Å². The Kier molecular flexibility index (Phi) is 4.90. The van der Waals surface area contributed by atoms with Gasteiger partial charge >= 0.3 is 7.12 Å². The van der Waals surface area contributed by atoms with Crippen molar-refractivity contribution >= 4 is 23.8 Å². The van der Waals surface area contributed by atoms with Crippen molar-refractivity contribution < 1.29 is 18.1 Å². The number of rotatable bonds is 5. The van der Waals surface area contributed by atoms with E-state index < -0.39 is 11.3 Å². The summed E-state index contributed by atoms with van der Waals surface area (Å²) in [7, 11) is -0.380. The summed E-state index contributed by atoms with van der Waals surface area (Å²) < 4.78 is 33.8. The molecule has 1 aliphatic rings. The van der Waals surface area contributed by atoms with Gasteiger partial charge in [-0.3, -0.25) is 4.55 Å². The third-order valence-corrected chi connectivity index (χ3v) is 4.57. The van der Waals surface area contributed by atoms with Gasteiger partial charge in [-0.15, -0.1) is 0 Å². The fourth-order valence-corrected chi connectivity index (χ4v) is 2.43. The lowest BCUT2D eigenvalue weighted by Crippen LogP contribution is -2.41. The van der Waals surface area contributed by atoms with Crippen LogP contribution in [0.1, 0.15) is 33.3 Å². The Labute approximate surface area is 129 Å². The molecular weight excluding hydrogens is 289 g/mol. The van der Waals surface area contributed by atoms with Crippen molar-refractivity contribution in [2.24, 2.45) is 0 Å².